The Morgan fingerprint density at radius 2 is 2.04 bits per heavy atom. The van der Waals surface area contributed by atoms with Crippen LogP contribution in [0.25, 0.3) is 11.5 Å². The van der Waals surface area contributed by atoms with E-state index < -0.39 is 11.6 Å². The summed E-state index contributed by atoms with van der Waals surface area (Å²) in [5.74, 6) is -0.0410. The van der Waals surface area contributed by atoms with Crippen LogP contribution in [0.15, 0.2) is 35.2 Å². The van der Waals surface area contributed by atoms with Crippen molar-refractivity contribution in [3.63, 3.8) is 0 Å². The van der Waals surface area contributed by atoms with E-state index in [0.717, 1.165) is 6.33 Å². The van der Waals surface area contributed by atoms with E-state index in [2.05, 4.69) is 25.5 Å². The molecule has 10 nitrogen and oxygen atoms in total. The summed E-state index contributed by atoms with van der Waals surface area (Å²) in [6.07, 6.45) is 2.67. The maximum atomic E-state index is 12.1. The SMILES string of the molecule is N=C(C(=O)Nc1cc(-c2ccco2)[nH]n1)c1c(N)ncnc1N. The average Bonchev–Trinajstić information content (AvgIpc) is 3.17. The molecule has 0 aliphatic rings. The molecule has 0 bridgehead atoms. The zero-order valence-corrected chi connectivity index (χ0v) is 11.7. The molecular formula is C13H12N8O2. The minimum Gasteiger partial charge on any atom is -0.463 e. The number of aromatic amines is 1. The van der Waals surface area contributed by atoms with Crippen molar-refractivity contribution in [2.75, 3.05) is 16.8 Å². The Hall–Kier alpha value is -3.69. The quantitative estimate of drug-likeness (QED) is 0.439. The van der Waals surface area contributed by atoms with Crippen molar-refractivity contribution in [2.24, 2.45) is 0 Å². The van der Waals surface area contributed by atoms with Gasteiger partial charge < -0.3 is 21.2 Å². The van der Waals surface area contributed by atoms with Crippen molar-refractivity contribution in [2.45, 2.75) is 0 Å². The molecule has 116 valence electrons. The molecule has 0 spiro atoms. The van der Waals surface area contributed by atoms with Gasteiger partial charge in [0.15, 0.2) is 11.6 Å². The van der Waals surface area contributed by atoms with Crippen LogP contribution in [-0.2, 0) is 4.79 Å². The Morgan fingerprint density at radius 3 is 2.70 bits per heavy atom. The predicted octanol–water partition coefficient (Wildman–Crippen LogP) is 0.631. The fraction of sp³-hybridized carbons (Fsp3) is 0. The number of aromatic nitrogens is 4. The Kier molecular flexibility index (Phi) is 3.47. The molecule has 0 saturated heterocycles. The standard InChI is InChI=1S/C13H12N8O2/c14-10(9-11(15)17-5-18-12(9)16)13(22)19-8-4-6(20-21-8)7-2-1-3-23-7/h1-5,14H,(H4,15,16,17,18)(H2,19,20,21,22). The molecule has 3 aromatic heterocycles. The highest BCUT2D eigenvalue weighted by molar-refractivity contribution is 6.49. The van der Waals surface area contributed by atoms with Crippen LogP contribution in [0.2, 0.25) is 0 Å². The summed E-state index contributed by atoms with van der Waals surface area (Å²) >= 11 is 0. The second kappa shape index (κ2) is 5.60. The van der Waals surface area contributed by atoms with Gasteiger partial charge in [0.2, 0.25) is 0 Å². The van der Waals surface area contributed by atoms with E-state index in [4.69, 9.17) is 21.3 Å². The number of carbonyl (C=O) groups excluding carboxylic acids is 1. The number of carbonyl (C=O) groups is 1. The molecule has 1 amide bonds. The number of H-pyrrole nitrogens is 1. The molecule has 0 aliphatic carbocycles. The van der Waals surface area contributed by atoms with E-state index in [-0.39, 0.29) is 23.0 Å². The molecule has 7 N–H and O–H groups in total. The molecule has 0 aromatic carbocycles. The molecule has 0 radical (unpaired) electrons. The number of nitrogens with two attached hydrogens (primary N) is 2. The molecule has 0 saturated carbocycles. The Bertz CT molecular complexity index is 848. The van der Waals surface area contributed by atoms with Crippen LogP contribution in [0.4, 0.5) is 17.5 Å². The number of hydrogen-bond donors (Lipinski definition) is 5. The lowest BCUT2D eigenvalue weighted by Gasteiger charge is -2.07. The van der Waals surface area contributed by atoms with Gasteiger partial charge in [-0.15, -0.1) is 0 Å². The van der Waals surface area contributed by atoms with E-state index in [1.807, 2.05) is 0 Å². The van der Waals surface area contributed by atoms with E-state index in [9.17, 15) is 4.79 Å². The van der Waals surface area contributed by atoms with Crippen LogP contribution in [0.1, 0.15) is 5.56 Å². The molecule has 0 unspecified atom stereocenters. The molecule has 10 heteroatoms. The predicted molar refractivity (Wildman–Crippen MR) is 82.6 cm³/mol. The fourth-order valence-corrected chi connectivity index (χ4v) is 1.91. The molecule has 23 heavy (non-hydrogen) atoms. The first-order valence-electron chi connectivity index (χ1n) is 6.41. The zero-order chi connectivity index (χ0) is 16.4. The van der Waals surface area contributed by atoms with Gasteiger partial charge in [-0.3, -0.25) is 15.3 Å². The number of anilines is 3. The van der Waals surface area contributed by atoms with Gasteiger partial charge in [-0.2, -0.15) is 5.10 Å². The number of nitrogen functional groups attached to an aromatic ring is 2. The Labute approximate surface area is 129 Å². The number of hydrogen-bond acceptors (Lipinski definition) is 8. The van der Waals surface area contributed by atoms with Gasteiger partial charge in [-0.25, -0.2) is 9.97 Å². The van der Waals surface area contributed by atoms with Gasteiger partial charge in [0.1, 0.15) is 29.4 Å². The van der Waals surface area contributed by atoms with Crippen LogP contribution >= 0.6 is 0 Å². The average molecular weight is 312 g/mol. The summed E-state index contributed by atoms with van der Waals surface area (Å²) < 4.78 is 5.21. The topological polar surface area (TPSA) is 173 Å². The van der Waals surface area contributed by atoms with Crippen LogP contribution in [0, 0.1) is 5.41 Å². The molecular weight excluding hydrogens is 300 g/mol. The monoisotopic (exact) mass is 312 g/mol. The lowest BCUT2D eigenvalue weighted by Crippen LogP contribution is -2.25. The van der Waals surface area contributed by atoms with Gasteiger partial charge in [0, 0.05) is 6.07 Å². The molecule has 3 rings (SSSR count). The largest absolute Gasteiger partial charge is 0.463 e. The summed E-state index contributed by atoms with van der Waals surface area (Å²) in [6, 6.07) is 5.03. The van der Waals surface area contributed by atoms with Gasteiger partial charge in [0.25, 0.3) is 5.91 Å². The van der Waals surface area contributed by atoms with Crippen LogP contribution < -0.4 is 16.8 Å². The molecule has 3 aromatic rings. The van der Waals surface area contributed by atoms with E-state index >= 15 is 0 Å². The minimum absolute atomic E-state index is 0.0215. The van der Waals surface area contributed by atoms with E-state index in [1.165, 1.54) is 6.26 Å². The zero-order valence-electron chi connectivity index (χ0n) is 11.7. The third kappa shape index (κ3) is 2.72. The number of rotatable bonds is 4. The first-order valence-corrected chi connectivity index (χ1v) is 6.41. The first kappa shape index (κ1) is 14.3. The maximum Gasteiger partial charge on any atom is 0.275 e. The van der Waals surface area contributed by atoms with Crippen LogP contribution in [0.5, 0.6) is 0 Å². The summed E-state index contributed by atoms with van der Waals surface area (Å²) in [6.45, 7) is 0. The normalized spacial score (nSPS) is 10.4. The molecule has 0 fully saturated rings. The summed E-state index contributed by atoms with van der Waals surface area (Å²) in [4.78, 5) is 19.6. The smallest absolute Gasteiger partial charge is 0.275 e. The highest BCUT2D eigenvalue weighted by Gasteiger charge is 2.20. The van der Waals surface area contributed by atoms with Crippen LogP contribution in [-0.4, -0.2) is 31.8 Å². The second-order valence-electron chi connectivity index (χ2n) is 4.49. The van der Waals surface area contributed by atoms with Gasteiger partial charge in [-0.1, -0.05) is 0 Å². The van der Waals surface area contributed by atoms with Crippen molar-refractivity contribution in [1.29, 1.82) is 5.41 Å². The molecule has 0 atom stereocenters. The first-order chi connectivity index (χ1) is 11.1. The Balaban J connectivity index is 1.78. The second-order valence-corrected chi connectivity index (χ2v) is 4.49. The molecule has 0 aliphatic heterocycles. The third-order valence-electron chi connectivity index (χ3n) is 2.99. The summed E-state index contributed by atoms with van der Waals surface area (Å²) in [5, 5.41) is 17.0. The van der Waals surface area contributed by atoms with Crippen LogP contribution in [0.3, 0.4) is 0 Å². The highest BCUT2D eigenvalue weighted by Crippen LogP contribution is 2.20. The Morgan fingerprint density at radius 1 is 1.30 bits per heavy atom. The van der Waals surface area contributed by atoms with Gasteiger partial charge in [0.05, 0.1) is 11.8 Å². The number of nitrogens with one attached hydrogen (secondary N) is 3. The lowest BCUT2D eigenvalue weighted by molar-refractivity contribution is -0.110. The van der Waals surface area contributed by atoms with Crippen molar-refractivity contribution in [3.05, 3.63) is 36.4 Å². The fourth-order valence-electron chi connectivity index (χ4n) is 1.91. The maximum absolute atomic E-state index is 12.1. The number of furan rings is 1. The minimum atomic E-state index is -0.740. The van der Waals surface area contributed by atoms with Gasteiger partial charge in [-0.05, 0) is 12.1 Å². The van der Waals surface area contributed by atoms with Crippen molar-refractivity contribution in [1.82, 2.24) is 20.2 Å². The number of nitrogens with zero attached hydrogens (tertiary/aromatic N) is 3. The van der Waals surface area contributed by atoms with E-state index in [0.29, 0.717) is 11.5 Å². The summed E-state index contributed by atoms with van der Waals surface area (Å²) in [5.41, 5.74) is 11.4. The van der Waals surface area contributed by atoms with Crippen molar-refractivity contribution >= 4 is 29.1 Å². The van der Waals surface area contributed by atoms with Crippen molar-refractivity contribution < 1.29 is 9.21 Å². The highest BCUT2D eigenvalue weighted by atomic mass is 16.3. The van der Waals surface area contributed by atoms with E-state index in [1.54, 1.807) is 18.2 Å². The van der Waals surface area contributed by atoms with Gasteiger partial charge >= 0.3 is 0 Å². The number of amides is 1. The third-order valence-corrected chi connectivity index (χ3v) is 2.99. The lowest BCUT2D eigenvalue weighted by atomic mass is 10.1. The summed E-state index contributed by atoms with van der Waals surface area (Å²) in [7, 11) is 0. The van der Waals surface area contributed by atoms with Crippen molar-refractivity contribution in [3.8, 4) is 11.5 Å². The molecule has 3 heterocycles.